The third kappa shape index (κ3) is 3.19. The molecular formula is C21H21N3O4. The lowest BCUT2D eigenvalue weighted by Crippen LogP contribution is -2.47. The Morgan fingerprint density at radius 1 is 1.14 bits per heavy atom. The fraction of sp³-hybridized carbons (Fsp3) is 0.286. The molecule has 2 aliphatic rings. The number of anilines is 2. The maximum absolute atomic E-state index is 13.1. The minimum Gasteiger partial charge on any atom is -0.497 e. The summed E-state index contributed by atoms with van der Waals surface area (Å²) in [4.78, 5) is 41.7. The van der Waals surface area contributed by atoms with Gasteiger partial charge in [-0.15, -0.1) is 0 Å². The molecular weight excluding hydrogens is 358 g/mol. The number of para-hydroxylation sites is 1. The Morgan fingerprint density at radius 2 is 1.89 bits per heavy atom. The van der Waals surface area contributed by atoms with Crippen molar-refractivity contribution in [2.24, 2.45) is 0 Å². The van der Waals surface area contributed by atoms with Gasteiger partial charge >= 0.3 is 0 Å². The van der Waals surface area contributed by atoms with Gasteiger partial charge in [0.05, 0.1) is 18.4 Å². The van der Waals surface area contributed by atoms with Crippen LogP contribution >= 0.6 is 0 Å². The van der Waals surface area contributed by atoms with Gasteiger partial charge in [-0.05, 0) is 49.2 Å². The highest BCUT2D eigenvalue weighted by molar-refractivity contribution is 6.13. The zero-order chi connectivity index (χ0) is 19.7. The number of nitrogens with one attached hydrogen (secondary N) is 1. The first kappa shape index (κ1) is 18.0. The van der Waals surface area contributed by atoms with E-state index in [2.05, 4.69) is 5.32 Å². The van der Waals surface area contributed by atoms with Crippen LogP contribution in [0.3, 0.4) is 0 Å². The van der Waals surface area contributed by atoms with Crippen molar-refractivity contribution in [2.45, 2.75) is 18.9 Å². The summed E-state index contributed by atoms with van der Waals surface area (Å²) in [5, 5.41) is 2.80. The summed E-state index contributed by atoms with van der Waals surface area (Å²) in [6.07, 6.45) is 1.41. The monoisotopic (exact) mass is 379 g/mol. The second-order valence-electron chi connectivity index (χ2n) is 6.87. The first-order chi connectivity index (χ1) is 13.6. The Hall–Kier alpha value is -3.35. The summed E-state index contributed by atoms with van der Waals surface area (Å²) >= 11 is 0. The largest absolute Gasteiger partial charge is 0.497 e. The van der Waals surface area contributed by atoms with Crippen LogP contribution in [-0.2, 0) is 9.59 Å². The van der Waals surface area contributed by atoms with E-state index in [1.54, 1.807) is 60.5 Å². The van der Waals surface area contributed by atoms with Crippen LogP contribution in [0.25, 0.3) is 0 Å². The van der Waals surface area contributed by atoms with E-state index in [9.17, 15) is 14.4 Å². The van der Waals surface area contributed by atoms with Crippen LogP contribution in [0.5, 0.6) is 5.75 Å². The molecule has 2 aromatic carbocycles. The predicted molar refractivity (Wildman–Crippen MR) is 104 cm³/mol. The molecule has 0 saturated carbocycles. The van der Waals surface area contributed by atoms with Gasteiger partial charge in [0.2, 0.25) is 11.8 Å². The molecule has 7 heteroatoms. The number of hydrogen-bond acceptors (Lipinski definition) is 4. The highest BCUT2D eigenvalue weighted by Crippen LogP contribution is 2.32. The molecule has 0 spiro atoms. The van der Waals surface area contributed by atoms with E-state index in [4.69, 9.17) is 4.74 Å². The van der Waals surface area contributed by atoms with Gasteiger partial charge in [-0.2, -0.15) is 0 Å². The first-order valence-corrected chi connectivity index (χ1v) is 9.24. The summed E-state index contributed by atoms with van der Waals surface area (Å²) in [5.41, 5.74) is 1.55. The molecule has 2 aromatic rings. The number of amides is 3. The van der Waals surface area contributed by atoms with Gasteiger partial charge in [-0.25, -0.2) is 0 Å². The summed E-state index contributed by atoms with van der Waals surface area (Å²) in [7, 11) is 1.57. The normalized spacial score (nSPS) is 18.4. The molecule has 4 rings (SSSR count). The molecule has 1 atom stereocenters. The maximum Gasteiger partial charge on any atom is 0.256 e. The molecule has 3 amide bonds. The van der Waals surface area contributed by atoms with E-state index in [0.29, 0.717) is 35.7 Å². The van der Waals surface area contributed by atoms with Crippen LogP contribution in [0.15, 0.2) is 48.5 Å². The predicted octanol–water partition coefficient (Wildman–Crippen LogP) is 2.29. The lowest BCUT2D eigenvalue weighted by molar-refractivity contribution is -0.124. The Balaban J connectivity index is 1.59. The van der Waals surface area contributed by atoms with Gasteiger partial charge < -0.3 is 19.9 Å². The number of carbonyl (C=O) groups is 3. The number of carbonyl (C=O) groups excluding carboxylic acids is 3. The van der Waals surface area contributed by atoms with Crippen molar-refractivity contribution in [3.8, 4) is 5.75 Å². The number of ether oxygens (including phenoxy) is 1. The van der Waals surface area contributed by atoms with E-state index >= 15 is 0 Å². The van der Waals surface area contributed by atoms with Crippen molar-refractivity contribution in [1.29, 1.82) is 0 Å². The SMILES string of the molecule is COc1ccc(NC(=O)CN2C(=O)[C@@H]3CCCN3C(=O)c3ccccc32)cc1. The summed E-state index contributed by atoms with van der Waals surface area (Å²) in [6.45, 7) is 0.412. The van der Waals surface area contributed by atoms with Crippen LogP contribution in [-0.4, -0.2) is 48.9 Å². The van der Waals surface area contributed by atoms with Gasteiger partial charge in [0.25, 0.3) is 5.91 Å². The number of methoxy groups -OCH3 is 1. The number of fused-ring (bicyclic) bond motifs is 2. The maximum atomic E-state index is 13.1. The molecule has 0 aliphatic carbocycles. The highest BCUT2D eigenvalue weighted by Gasteiger charge is 2.42. The summed E-state index contributed by atoms with van der Waals surface area (Å²) < 4.78 is 5.11. The number of nitrogens with zero attached hydrogens (tertiary/aromatic N) is 2. The third-order valence-electron chi connectivity index (χ3n) is 5.17. The fourth-order valence-corrected chi connectivity index (χ4v) is 3.79. The van der Waals surface area contributed by atoms with E-state index in [1.807, 2.05) is 0 Å². The molecule has 7 nitrogen and oxygen atoms in total. The van der Waals surface area contributed by atoms with E-state index < -0.39 is 6.04 Å². The molecule has 0 unspecified atom stereocenters. The molecule has 28 heavy (non-hydrogen) atoms. The van der Waals surface area contributed by atoms with Gasteiger partial charge in [0.1, 0.15) is 18.3 Å². The number of rotatable bonds is 4. The number of hydrogen-bond donors (Lipinski definition) is 1. The van der Waals surface area contributed by atoms with Crippen molar-refractivity contribution in [2.75, 3.05) is 30.4 Å². The molecule has 0 bridgehead atoms. The Labute approximate surface area is 162 Å². The molecule has 2 heterocycles. The molecule has 1 N–H and O–H groups in total. The third-order valence-corrected chi connectivity index (χ3v) is 5.17. The van der Waals surface area contributed by atoms with Gasteiger partial charge in [-0.1, -0.05) is 12.1 Å². The average molecular weight is 379 g/mol. The topological polar surface area (TPSA) is 79.0 Å². The second-order valence-corrected chi connectivity index (χ2v) is 6.87. The van der Waals surface area contributed by atoms with Crippen molar-refractivity contribution < 1.29 is 19.1 Å². The quantitative estimate of drug-likeness (QED) is 0.884. The molecule has 0 aromatic heterocycles. The lowest BCUT2D eigenvalue weighted by atomic mass is 10.1. The Bertz CT molecular complexity index is 926. The van der Waals surface area contributed by atoms with E-state index in [0.717, 1.165) is 6.42 Å². The molecule has 0 radical (unpaired) electrons. The summed E-state index contributed by atoms with van der Waals surface area (Å²) in [6, 6.07) is 13.4. The Kier molecular flexibility index (Phi) is 4.73. The van der Waals surface area contributed by atoms with Crippen molar-refractivity contribution in [3.63, 3.8) is 0 Å². The van der Waals surface area contributed by atoms with Crippen LogP contribution in [0.2, 0.25) is 0 Å². The van der Waals surface area contributed by atoms with Crippen LogP contribution in [0.1, 0.15) is 23.2 Å². The minimum atomic E-state index is -0.506. The first-order valence-electron chi connectivity index (χ1n) is 9.24. The zero-order valence-corrected chi connectivity index (χ0v) is 15.6. The van der Waals surface area contributed by atoms with Crippen LogP contribution in [0, 0.1) is 0 Å². The second kappa shape index (κ2) is 7.34. The smallest absolute Gasteiger partial charge is 0.256 e. The zero-order valence-electron chi connectivity index (χ0n) is 15.6. The minimum absolute atomic E-state index is 0.149. The van der Waals surface area contributed by atoms with Gasteiger partial charge in [0, 0.05) is 12.2 Å². The molecule has 144 valence electrons. The summed E-state index contributed by atoms with van der Waals surface area (Å²) in [5.74, 6) is 0.00636. The van der Waals surface area contributed by atoms with Gasteiger partial charge in [0.15, 0.2) is 0 Å². The average Bonchev–Trinajstić information content (AvgIpc) is 3.19. The van der Waals surface area contributed by atoms with Crippen LogP contribution in [0.4, 0.5) is 11.4 Å². The van der Waals surface area contributed by atoms with Crippen molar-refractivity contribution in [3.05, 3.63) is 54.1 Å². The molecule has 1 fully saturated rings. The van der Waals surface area contributed by atoms with Crippen molar-refractivity contribution >= 4 is 29.1 Å². The molecule has 1 saturated heterocycles. The standard InChI is InChI=1S/C21H21N3O4/c1-28-15-10-8-14(9-11-15)22-19(25)13-24-17-6-3-2-5-16(17)20(26)23-12-4-7-18(23)21(24)27/h2-3,5-6,8-11,18H,4,7,12-13H2,1H3,(H,22,25)/t18-/m0/s1. The van der Waals surface area contributed by atoms with Crippen LogP contribution < -0.4 is 15.0 Å². The fourth-order valence-electron chi connectivity index (χ4n) is 3.79. The van der Waals surface area contributed by atoms with E-state index in [-0.39, 0.29) is 24.3 Å². The van der Waals surface area contributed by atoms with Gasteiger partial charge in [-0.3, -0.25) is 14.4 Å². The highest BCUT2D eigenvalue weighted by atomic mass is 16.5. The van der Waals surface area contributed by atoms with E-state index in [1.165, 1.54) is 4.90 Å². The van der Waals surface area contributed by atoms with Crippen molar-refractivity contribution in [1.82, 2.24) is 4.90 Å². The Morgan fingerprint density at radius 3 is 2.64 bits per heavy atom. The molecule has 2 aliphatic heterocycles. The lowest BCUT2D eigenvalue weighted by Gasteiger charge is -2.25. The number of benzene rings is 2.